The molecule has 3 aromatic rings. The maximum Gasteiger partial charge on any atom is 0.435 e. The number of oxime groups is 1. The third-order valence-corrected chi connectivity index (χ3v) is 7.31. The third kappa shape index (κ3) is 5.13. The summed E-state index contributed by atoms with van der Waals surface area (Å²) in [7, 11) is 0. The Kier molecular flexibility index (Phi) is 7.44. The number of hydrogen-bond donors (Lipinski definition) is 1. The highest BCUT2D eigenvalue weighted by atomic mass is 35.5. The smallest absolute Gasteiger partial charge is 0.435 e. The van der Waals surface area contributed by atoms with Crippen molar-refractivity contribution in [3.8, 4) is 0 Å². The molecule has 13 heteroatoms. The predicted molar refractivity (Wildman–Crippen MR) is 128 cm³/mol. The monoisotopic (exact) mass is 576 g/mol. The lowest BCUT2D eigenvalue weighted by Gasteiger charge is -2.29. The van der Waals surface area contributed by atoms with Crippen molar-refractivity contribution in [2.45, 2.75) is 30.0 Å². The quantitative estimate of drug-likeness (QED) is 0.211. The number of amides is 1. The first-order valence-corrected chi connectivity index (χ1v) is 12.3. The summed E-state index contributed by atoms with van der Waals surface area (Å²) in [6.07, 6.45) is -5.76. The number of alkyl halides is 3. The van der Waals surface area contributed by atoms with E-state index >= 15 is 0 Å². The zero-order valence-corrected chi connectivity index (χ0v) is 21.0. The maximum absolute atomic E-state index is 14.2. The average molecular weight is 577 g/mol. The van der Waals surface area contributed by atoms with Crippen LogP contribution in [-0.2, 0) is 21.8 Å². The molecule has 0 fully saturated rings. The molecule has 37 heavy (non-hydrogen) atoms. The van der Waals surface area contributed by atoms with Gasteiger partial charge in [0.25, 0.3) is 11.5 Å². The highest BCUT2D eigenvalue weighted by Gasteiger charge is 2.62. The Balaban J connectivity index is 1.58. The topological polar surface area (TPSA) is 73.8 Å². The van der Waals surface area contributed by atoms with Crippen molar-refractivity contribution in [3.63, 3.8) is 0 Å². The number of aryl methyl sites for hydroxylation is 1. The van der Waals surface area contributed by atoms with E-state index in [4.69, 9.17) is 28.0 Å². The molecular weight excluding hydrogens is 562 g/mol. The number of halogens is 7. The van der Waals surface area contributed by atoms with E-state index in [-0.39, 0.29) is 21.7 Å². The molecule has 194 valence electrons. The molecule has 1 amide bonds. The molecule has 1 aliphatic rings. The Labute approximate surface area is 220 Å². The summed E-state index contributed by atoms with van der Waals surface area (Å²) < 4.78 is 84.8. The second kappa shape index (κ2) is 10.1. The molecule has 0 aromatic heterocycles. The van der Waals surface area contributed by atoms with Crippen LogP contribution in [0.15, 0.2) is 64.6 Å². The molecule has 0 radical (unpaired) electrons. The minimum Gasteiger partial charge on any atom is -0.588 e. The highest BCUT2D eigenvalue weighted by Crippen LogP contribution is 2.50. The first kappa shape index (κ1) is 27.2. The summed E-state index contributed by atoms with van der Waals surface area (Å²) in [5.41, 5.74) is -3.00. The lowest BCUT2D eigenvalue weighted by atomic mass is 9.86. The molecule has 2 unspecified atom stereocenters. The van der Waals surface area contributed by atoms with Gasteiger partial charge in [0.2, 0.25) is 4.90 Å². The second-order valence-electron chi connectivity index (χ2n) is 8.04. The van der Waals surface area contributed by atoms with Gasteiger partial charge in [-0.3, -0.25) is 4.79 Å². The van der Waals surface area contributed by atoms with Crippen molar-refractivity contribution >= 4 is 46.2 Å². The Morgan fingerprint density at radius 1 is 1.11 bits per heavy atom. The van der Waals surface area contributed by atoms with Crippen LogP contribution >= 0.6 is 23.2 Å². The number of benzene rings is 3. The molecule has 3 aromatic carbocycles. The van der Waals surface area contributed by atoms with Crippen LogP contribution in [0.3, 0.4) is 0 Å². The lowest BCUT2D eigenvalue weighted by molar-refractivity contribution is -0.275. The van der Waals surface area contributed by atoms with Crippen molar-refractivity contribution in [3.05, 3.63) is 98.5 Å². The van der Waals surface area contributed by atoms with Crippen LogP contribution in [0, 0.1) is 18.6 Å². The lowest BCUT2D eigenvalue weighted by Crippen LogP contribution is -2.42. The van der Waals surface area contributed by atoms with E-state index in [1.54, 1.807) is 0 Å². The molecule has 1 aliphatic heterocycles. The molecular formula is C24H15Cl2F5N2O3S. The van der Waals surface area contributed by atoms with Gasteiger partial charge in [-0.2, -0.15) is 17.9 Å². The third-order valence-electron chi connectivity index (χ3n) is 5.66. The Hall–Kier alpha value is -2.86. The number of nitrogens with one attached hydrogen (secondary N) is 1. The van der Waals surface area contributed by atoms with Gasteiger partial charge >= 0.3 is 6.18 Å². The highest BCUT2D eigenvalue weighted by molar-refractivity contribution is 7.90. The number of carbonyl (C=O) groups excluding carboxylic acids is 1. The van der Waals surface area contributed by atoms with Crippen molar-refractivity contribution in [1.29, 1.82) is 0 Å². The van der Waals surface area contributed by atoms with Gasteiger partial charge in [-0.05, 0) is 54.4 Å². The molecule has 0 saturated heterocycles. The van der Waals surface area contributed by atoms with Gasteiger partial charge in [-0.25, -0.2) is 8.78 Å². The fourth-order valence-corrected chi connectivity index (χ4v) is 5.06. The van der Waals surface area contributed by atoms with Gasteiger partial charge in [-0.1, -0.05) is 46.6 Å². The van der Waals surface area contributed by atoms with Gasteiger partial charge in [0.15, 0.2) is 11.6 Å². The van der Waals surface area contributed by atoms with Gasteiger partial charge in [0.05, 0.1) is 15.8 Å². The molecule has 2 atom stereocenters. The van der Waals surface area contributed by atoms with E-state index in [1.807, 2.05) is 0 Å². The molecule has 5 nitrogen and oxygen atoms in total. The molecule has 1 N–H and O–H groups in total. The number of nitrogens with zero attached hydrogens (tertiary/aromatic N) is 1. The summed E-state index contributed by atoms with van der Waals surface area (Å²) >= 11 is 9.25. The van der Waals surface area contributed by atoms with Crippen molar-refractivity contribution in [2.24, 2.45) is 5.16 Å². The Morgan fingerprint density at radius 2 is 1.76 bits per heavy atom. The van der Waals surface area contributed by atoms with Gasteiger partial charge in [-0.15, -0.1) is 0 Å². The zero-order chi connectivity index (χ0) is 27.1. The standard InChI is InChI=1S/C24H15Cl2F5N2O3S/c1-12-8-13(6-7-15(12)22(34)33-37(35)20-5-3-2-4-18(20)27)19-11-23(36-32-19,24(29,30)31)14-9-16(25)21(28)17(26)10-14/h2-10H,11H2,1H3,(H,33,34). The fourth-order valence-electron chi connectivity index (χ4n) is 3.73. The largest absolute Gasteiger partial charge is 0.588 e. The second-order valence-corrected chi connectivity index (χ2v) is 10.0. The number of carbonyl (C=O) groups is 1. The zero-order valence-electron chi connectivity index (χ0n) is 18.6. The van der Waals surface area contributed by atoms with Gasteiger partial charge in [0.1, 0.15) is 11.4 Å². The molecule has 0 aliphatic carbocycles. The molecule has 1 heterocycles. The van der Waals surface area contributed by atoms with Crippen LogP contribution in [0.4, 0.5) is 22.0 Å². The summed E-state index contributed by atoms with van der Waals surface area (Å²) in [5.74, 6) is -2.61. The summed E-state index contributed by atoms with van der Waals surface area (Å²) in [5, 5.41) is 2.41. The summed E-state index contributed by atoms with van der Waals surface area (Å²) in [6, 6.07) is 10.8. The molecule has 0 bridgehead atoms. The van der Waals surface area contributed by atoms with E-state index in [2.05, 4.69) is 9.88 Å². The minimum atomic E-state index is -4.98. The van der Waals surface area contributed by atoms with Crippen LogP contribution in [0.25, 0.3) is 0 Å². The van der Waals surface area contributed by atoms with Crippen molar-refractivity contribution < 1.29 is 36.1 Å². The van der Waals surface area contributed by atoms with Gasteiger partial charge in [0, 0.05) is 17.5 Å². The van der Waals surface area contributed by atoms with E-state index in [0.29, 0.717) is 5.56 Å². The molecule has 4 rings (SSSR count). The van der Waals surface area contributed by atoms with Crippen molar-refractivity contribution in [1.82, 2.24) is 4.72 Å². The Morgan fingerprint density at radius 3 is 2.35 bits per heavy atom. The number of rotatable bonds is 5. The van der Waals surface area contributed by atoms with Crippen LogP contribution in [0.5, 0.6) is 0 Å². The summed E-state index contributed by atoms with van der Waals surface area (Å²) in [6.45, 7) is 1.51. The van der Waals surface area contributed by atoms with Crippen molar-refractivity contribution in [2.75, 3.05) is 0 Å². The SMILES string of the molecule is Cc1cc(C2=NOC(c3cc(Cl)c(F)c(Cl)c3)(C(F)(F)F)C2)ccc1C(=O)N[S+]([O-])c1ccccc1F. The van der Waals surface area contributed by atoms with E-state index in [1.165, 1.54) is 43.3 Å². The molecule has 0 spiro atoms. The van der Waals surface area contributed by atoms with E-state index in [0.717, 1.165) is 18.2 Å². The van der Waals surface area contributed by atoms with Crippen LogP contribution in [0.1, 0.15) is 33.5 Å². The first-order valence-electron chi connectivity index (χ1n) is 10.4. The first-order chi connectivity index (χ1) is 17.3. The maximum atomic E-state index is 14.2. The summed E-state index contributed by atoms with van der Waals surface area (Å²) in [4.78, 5) is 17.3. The average Bonchev–Trinajstić information content (AvgIpc) is 3.29. The molecule has 0 saturated carbocycles. The van der Waals surface area contributed by atoms with Crippen LogP contribution < -0.4 is 4.72 Å². The fraction of sp³-hybridized carbons (Fsp3) is 0.167. The van der Waals surface area contributed by atoms with Crippen LogP contribution in [0.2, 0.25) is 10.0 Å². The normalized spacial score (nSPS) is 18.2. The van der Waals surface area contributed by atoms with E-state index in [9.17, 15) is 31.3 Å². The predicted octanol–water partition coefficient (Wildman–Crippen LogP) is 6.61. The van der Waals surface area contributed by atoms with Crippen LogP contribution in [-0.4, -0.2) is 22.3 Å². The van der Waals surface area contributed by atoms with Gasteiger partial charge < -0.3 is 9.39 Å². The Bertz CT molecular complexity index is 1400. The van der Waals surface area contributed by atoms with E-state index < -0.39 is 62.7 Å². The minimum absolute atomic E-state index is 0.0622. The number of hydrogen-bond acceptors (Lipinski definition) is 4.